The van der Waals surface area contributed by atoms with E-state index in [1.54, 1.807) is 27.7 Å². The number of hydrogen-bond acceptors (Lipinski definition) is 4. The van der Waals surface area contributed by atoms with Crippen molar-refractivity contribution >= 4 is 23.2 Å². The highest BCUT2D eigenvalue weighted by atomic mass is 35.5. The van der Waals surface area contributed by atoms with Crippen molar-refractivity contribution in [2.45, 2.75) is 41.0 Å². The zero-order valence-corrected chi connectivity index (χ0v) is 20.2. The van der Waals surface area contributed by atoms with Gasteiger partial charge in [0.1, 0.15) is 11.6 Å². The standard InChI is InChI=1S/C25H25ClFN5O2/c1-15-5-6-16(2)23(11-15)34-14-31-10-9-22(30-31)25(33)28-24-17(3)29-32(18(24)4)13-19-7-8-20(27)12-21(19)26/h5-12H,13-14H2,1-4H3,(H,28,33). The lowest BCUT2D eigenvalue weighted by molar-refractivity contribution is 0.102. The second-order valence-corrected chi connectivity index (χ2v) is 8.58. The van der Waals surface area contributed by atoms with Gasteiger partial charge in [-0.1, -0.05) is 29.8 Å². The molecular weight excluding hydrogens is 457 g/mol. The molecule has 2 aromatic heterocycles. The number of aryl methyl sites for hydroxylation is 3. The van der Waals surface area contributed by atoms with Crippen molar-refractivity contribution in [3.8, 4) is 5.75 Å². The highest BCUT2D eigenvalue weighted by Gasteiger charge is 2.18. The first-order valence-electron chi connectivity index (χ1n) is 10.7. The van der Waals surface area contributed by atoms with E-state index in [2.05, 4.69) is 15.5 Å². The summed E-state index contributed by atoms with van der Waals surface area (Å²) in [6, 6.07) is 11.9. The molecule has 2 aromatic carbocycles. The van der Waals surface area contributed by atoms with Crippen LogP contribution in [0.25, 0.3) is 0 Å². The molecule has 1 amide bonds. The maximum absolute atomic E-state index is 13.3. The van der Waals surface area contributed by atoms with Gasteiger partial charge < -0.3 is 10.1 Å². The van der Waals surface area contributed by atoms with Crippen LogP contribution in [0.15, 0.2) is 48.7 Å². The van der Waals surface area contributed by atoms with Gasteiger partial charge in [0.2, 0.25) is 0 Å². The fraction of sp³-hybridized carbons (Fsp3) is 0.240. The van der Waals surface area contributed by atoms with Gasteiger partial charge in [-0.2, -0.15) is 10.2 Å². The molecule has 176 valence electrons. The minimum Gasteiger partial charge on any atom is -0.471 e. The van der Waals surface area contributed by atoms with E-state index in [1.807, 2.05) is 45.9 Å². The number of nitrogens with zero attached hydrogens (tertiary/aromatic N) is 4. The van der Waals surface area contributed by atoms with E-state index in [9.17, 15) is 9.18 Å². The summed E-state index contributed by atoms with van der Waals surface area (Å²) in [5, 5.41) is 12.1. The van der Waals surface area contributed by atoms with Gasteiger partial charge in [-0.25, -0.2) is 9.07 Å². The van der Waals surface area contributed by atoms with E-state index < -0.39 is 5.82 Å². The molecule has 34 heavy (non-hydrogen) atoms. The Morgan fingerprint density at radius 1 is 1.09 bits per heavy atom. The largest absolute Gasteiger partial charge is 0.471 e. The van der Waals surface area contributed by atoms with Crippen molar-refractivity contribution in [1.29, 1.82) is 0 Å². The van der Waals surface area contributed by atoms with Gasteiger partial charge in [0, 0.05) is 11.2 Å². The average Bonchev–Trinajstić information content (AvgIpc) is 3.37. The maximum Gasteiger partial charge on any atom is 0.276 e. The lowest BCUT2D eigenvalue weighted by Gasteiger charge is -2.10. The summed E-state index contributed by atoms with van der Waals surface area (Å²) >= 11 is 6.15. The third-order valence-electron chi connectivity index (χ3n) is 5.52. The molecule has 0 fully saturated rings. The highest BCUT2D eigenvalue weighted by molar-refractivity contribution is 6.31. The van der Waals surface area contributed by atoms with Crippen LogP contribution in [-0.4, -0.2) is 25.5 Å². The van der Waals surface area contributed by atoms with Gasteiger partial charge in [0.05, 0.1) is 23.6 Å². The van der Waals surface area contributed by atoms with Crippen LogP contribution in [0.5, 0.6) is 5.75 Å². The second-order valence-electron chi connectivity index (χ2n) is 8.18. The predicted octanol–water partition coefficient (Wildman–Crippen LogP) is 5.44. The summed E-state index contributed by atoms with van der Waals surface area (Å²) in [6.45, 7) is 8.18. The van der Waals surface area contributed by atoms with Crippen LogP contribution in [0.1, 0.15) is 38.6 Å². The molecule has 0 aliphatic heterocycles. The van der Waals surface area contributed by atoms with Crippen molar-refractivity contribution in [3.05, 3.63) is 93.3 Å². The summed E-state index contributed by atoms with van der Waals surface area (Å²) in [5.74, 6) is 0.0337. The number of aromatic nitrogens is 4. The van der Waals surface area contributed by atoms with E-state index in [1.165, 1.54) is 12.1 Å². The lowest BCUT2D eigenvalue weighted by Crippen LogP contribution is -2.15. The van der Waals surface area contributed by atoms with Gasteiger partial charge in [0.15, 0.2) is 12.4 Å². The fourth-order valence-corrected chi connectivity index (χ4v) is 3.80. The molecule has 0 aliphatic rings. The van der Waals surface area contributed by atoms with Crippen LogP contribution in [-0.2, 0) is 13.3 Å². The van der Waals surface area contributed by atoms with Crippen LogP contribution < -0.4 is 10.1 Å². The average molecular weight is 482 g/mol. The zero-order chi connectivity index (χ0) is 24.4. The molecule has 0 bridgehead atoms. The van der Waals surface area contributed by atoms with Crippen molar-refractivity contribution in [3.63, 3.8) is 0 Å². The number of rotatable bonds is 7. The van der Waals surface area contributed by atoms with Crippen molar-refractivity contribution in [2.24, 2.45) is 0 Å². The fourth-order valence-electron chi connectivity index (χ4n) is 3.57. The number of halogens is 2. The van der Waals surface area contributed by atoms with E-state index >= 15 is 0 Å². The Labute approximate surface area is 202 Å². The molecular formula is C25H25ClFN5O2. The SMILES string of the molecule is Cc1ccc(C)c(OCn2ccc(C(=O)Nc3c(C)nn(Cc4ccc(F)cc4Cl)c3C)n2)c1. The summed E-state index contributed by atoms with van der Waals surface area (Å²) in [4.78, 5) is 12.8. The number of hydrogen-bond donors (Lipinski definition) is 1. The second kappa shape index (κ2) is 9.69. The Hall–Kier alpha value is -3.65. The van der Waals surface area contributed by atoms with E-state index in [0.717, 1.165) is 28.1 Å². The number of nitrogens with one attached hydrogen (secondary N) is 1. The monoisotopic (exact) mass is 481 g/mol. The molecule has 2 heterocycles. The minimum atomic E-state index is -0.395. The Morgan fingerprint density at radius 3 is 2.65 bits per heavy atom. The molecule has 0 aliphatic carbocycles. The van der Waals surface area contributed by atoms with Gasteiger partial charge in [-0.05, 0) is 68.7 Å². The molecule has 7 nitrogen and oxygen atoms in total. The van der Waals surface area contributed by atoms with E-state index in [4.69, 9.17) is 16.3 Å². The molecule has 9 heteroatoms. The Kier molecular flexibility index (Phi) is 6.70. The first-order chi connectivity index (χ1) is 16.2. The number of ether oxygens (including phenoxy) is 1. The normalized spacial score (nSPS) is 11.0. The maximum atomic E-state index is 13.3. The van der Waals surface area contributed by atoms with E-state index in [0.29, 0.717) is 22.9 Å². The Balaban J connectivity index is 1.44. The van der Waals surface area contributed by atoms with Crippen LogP contribution in [0, 0.1) is 33.5 Å². The highest BCUT2D eigenvalue weighted by Crippen LogP contribution is 2.24. The summed E-state index contributed by atoms with van der Waals surface area (Å²) in [6.07, 6.45) is 1.69. The predicted molar refractivity (Wildman–Crippen MR) is 129 cm³/mol. The van der Waals surface area contributed by atoms with Gasteiger partial charge in [0.25, 0.3) is 5.91 Å². The topological polar surface area (TPSA) is 74.0 Å². The summed E-state index contributed by atoms with van der Waals surface area (Å²) < 4.78 is 22.5. The smallest absolute Gasteiger partial charge is 0.276 e. The Morgan fingerprint density at radius 2 is 1.88 bits per heavy atom. The zero-order valence-electron chi connectivity index (χ0n) is 19.4. The van der Waals surface area contributed by atoms with Crippen LogP contribution in [0.4, 0.5) is 10.1 Å². The van der Waals surface area contributed by atoms with Gasteiger partial charge >= 0.3 is 0 Å². The third-order valence-corrected chi connectivity index (χ3v) is 5.88. The molecule has 0 saturated carbocycles. The molecule has 1 N–H and O–H groups in total. The van der Waals surface area contributed by atoms with Crippen LogP contribution in [0.3, 0.4) is 0 Å². The summed E-state index contributed by atoms with van der Waals surface area (Å²) in [7, 11) is 0. The summed E-state index contributed by atoms with van der Waals surface area (Å²) in [5.41, 5.74) is 5.14. The number of amides is 1. The number of anilines is 1. The third kappa shape index (κ3) is 5.12. The quantitative estimate of drug-likeness (QED) is 0.381. The minimum absolute atomic E-state index is 0.186. The van der Waals surface area contributed by atoms with Gasteiger partial charge in [-0.3, -0.25) is 9.48 Å². The van der Waals surface area contributed by atoms with Crippen LogP contribution in [0.2, 0.25) is 5.02 Å². The lowest BCUT2D eigenvalue weighted by atomic mass is 10.1. The number of carbonyl (C=O) groups excluding carboxylic acids is 1. The molecule has 4 aromatic rings. The van der Waals surface area contributed by atoms with Crippen molar-refractivity contribution in [2.75, 3.05) is 5.32 Å². The molecule has 0 spiro atoms. The first kappa shape index (κ1) is 23.5. The van der Waals surface area contributed by atoms with Crippen molar-refractivity contribution in [1.82, 2.24) is 19.6 Å². The molecule has 0 atom stereocenters. The molecule has 4 rings (SSSR count). The molecule has 0 radical (unpaired) electrons. The molecule has 0 saturated heterocycles. The van der Waals surface area contributed by atoms with Crippen molar-refractivity contribution < 1.29 is 13.9 Å². The first-order valence-corrected chi connectivity index (χ1v) is 11.1. The van der Waals surface area contributed by atoms with Crippen LogP contribution >= 0.6 is 11.6 Å². The van der Waals surface area contributed by atoms with E-state index in [-0.39, 0.29) is 18.3 Å². The Bertz CT molecular complexity index is 1360. The number of benzene rings is 2. The number of carbonyl (C=O) groups is 1. The molecule has 0 unspecified atom stereocenters. The van der Waals surface area contributed by atoms with Gasteiger partial charge in [-0.15, -0.1) is 0 Å².